The maximum Gasteiger partial charge on any atom is 0.166 e. The molecule has 1 aliphatic rings. The Bertz CT molecular complexity index is 335. The average molecular weight is 273 g/mol. The normalized spacial score (nSPS) is 17.6. The smallest absolute Gasteiger partial charge is 0.166 e. The molecule has 2 rings (SSSR count). The average Bonchev–Trinajstić information content (AvgIpc) is 2.46. The van der Waals surface area contributed by atoms with Crippen molar-refractivity contribution in [2.75, 3.05) is 18.0 Å². The minimum atomic E-state index is -0.230. The van der Waals surface area contributed by atoms with Gasteiger partial charge in [-0.25, -0.2) is 9.37 Å². The molecule has 1 aromatic heterocycles. The van der Waals surface area contributed by atoms with Crippen molar-refractivity contribution in [2.24, 2.45) is 0 Å². The third-order valence-electron chi connectivity index (χ3n) is 2.69. The summed E-state index contributed by atoms with van der Waals surface area (Å²) in [5.41, 5.74) is 0. The Hall–Kier alpha value is -0.640. The Morgan fingerprint density at radius 3 is 2.47 bits per heavy atom. The molecule has 0 aliphatic carbocycles. The lowest BCUT2D eigenvalue weighted by molar-refractivity contribution is 0.607. The Balaban J connectivity index is 2.19. The van der Waals surface area contributed by atoms with Gasteiger partial charge in [-0.3, -0.25) is 0 Å². The largest absolute Gasteiger partial charge is 0.354 e. The highest BCUT2D eigenvalue weighted by atomic mass is 79.9. The van der Waals surface area contributed by atoms with E-state index in [1.807, 2.05) is 0 Å². The van der Waals surface area contributed by atoms with E-state index >= 15 is 0 Å². The number of hydrogen-bond donors (Lipinski definition) is 0. The van der Waals surface area contributed by atoms with Gasteiger partial charge in [-0.2, -0.15) is 0 Å². The van der Waals surface area contributed by atoms with E-state index in [0.29, 0.717) is 10.3 Å². The van der Waals surface area contributed by atoms with Crippen LogP contribution < -0.4 is 4.90 Å². The number of nitrogens with zero attached hydrogens (tertiary/aromatic N) is 2. The Kier molecular flexibility index (Phi) is 3.57. The van der Waals surface area contributed by atoms with Crippen molar-refractivity contribution in [1.29, 1.82) is 0 Å². The van der Waals surface area contributed by atoms with Gasteiger partial charge in [0.25, 0.3) is 0 Å². The molecule has 1 fully saturated rings. The Morgan fingerprint density at radius 1 is 1.20 bits per heavy atom. The summed E-state index contributed by atoms with van der Waals surface area (Å²) in [6.07, 6.45) is 6.42. The lowest BCUT2D eigenvalue weighted by Gasteiger charge is -2.21. The molecular weight excluding hydrogens is 259 g/mol. The van der Waals surface area contributed by atoms with Gasteiger partial charge in [0, 0.05) is 23.8 Å². The van der Waals surface area contributed by atoms with Crippen LogP contribution in [0.1, 0.15) is 25.7 Å². The molecule has 4 heteroatoms. The lowest BCUT2D eigenvalue weighted by atomic mass is 10.2. The molecule has 0 spiro atoms. The Labute approximate surface area is 97.6 Å². The van der Waals surface area contributed by atoms with Gasteiger partial charge in [-0.05, 0) is 34.8 Å². The SMILES string of the molecule is Fc1cc(Br)cnc1N1CCCCCC1. The van der Waals surface area contributed by atoms with Crippen LogP contribution in [0.3, 0.4) is 0 Å². The maximum absolute atomic E-state index is 13.6. The molecule has 0 aromatic carbocycles. The zero-order chi connectivity index (χ0) is 10.7. The summed E-state index contributed by atoms with van der Waals surface area (Å²) in [5.74, 6) is 0.270. The summed E-state index contributed by atoms with van der Waals surface area (Å²) in [5, 5.41) is 0. The highest BCUT2D eigenvalue weighted by Crippen LogP contribution is 2.22. The number of pyridine rings is 1. The van der Waals surface area contributed by atoms with E-state index in [9.17, 15) is 4.39 Å². The third-order valence-corrected chi connectivity index (χ3v) is 3.13. The predicted molar refractivity (Wildman–Crippen MR) is 62.6 cm³/mol. The molecule has 0 amide bonds. The second kappa shape index (κ2) is 4.92. The zero-order valence-corrected chi connectivity index (χ0v) is 10.1. The molecule has 15 heavy (non-hydrogen) atoms. The topological polar surface area (TPSA) is 16.1 Å². The van der Waals surface area contributed by atoms with Crippen LogP contribution in [0.15, 0.2) is 16.7 Å². The standard InChI is InChI=1S/C11H14BrFN2/c12-9-7-10(13)11(14-8-9)15-5-3-1-2-4-6-15/h7-8H,1-6H2. The second-order valence-electron chi connectivity index (χ2n) is 3.86. The number of anilines is 1. The van der Waals surface area contributed by atoms with E-state index in [4.69, 9.17) is 0 Å². The molecule has 1 aliphatic heterocycles. The van der Waals surface area contributed by atoms with Crippen LogP contribution in [0.2, 0.25) is 0 Å². The molecule has 0 N–H and O–H groups in total. The molecule has 0 radical (unpaired) electrons. The minimum absolute atomic E-state index is 0.230. The molecule has 1 aromatic rings. The zero-order valence-electron chi connectivity index (χ0n) is 8.55. The first-order valence-corrected chi connectivity index (χ1v) is 6.12. The molecule has 0 saturated carbocycles. The summed E-state index contributed by atoms with van der Waals surface area (Å²) in [6.45, 7) is 1.84. The van der Waals surface area contributed by atoms with E-state index in [2.05, 4.69) is 25.8 Å². The van der Waals surface area contributed by atoms with Crippen molar-refractivity contribution in [1.82, 2.24) is 4.98 Å². The number of halogens is 2. The third kappa shape index (κ3) is 2.68. The van der Waals surface area contributed by atoms with Gasteiger partial charge in [-0.1, -0.05) is 12.8 Å². The van der Waals surface area contributed by atoms with Crippen molar-refractivity contribution < 1.29 is 4.39 Å². The van der Waals surface area contributed by atoms with Gasteiger partial charge in [0.1, 0.15) is 0 Å². The van der Waals surface area contributed by atoms with Crippen molar-refractivity contribution in [3.05, 3.63) is 22.6 Å². The molecule has 0 unspecified atom stereocenters. The molecule has 0 atom stereocenters. The monoisotopic (exact) mass is 272 g/mol. The van der Waals surface area contributed by atoms with Gasteiger partial charge in [0.05, 0.1) is 0 Å². The first-order chi connectivity index (χ1) is 7.27. The van der Waals surface area contributed by atoms with Crippen molar-refractivity contribution in [2.45, 2.75) is 25.7 Å². The van der Waals surface area contributed by atoms with Crippen molar-refractivity contribution >= 4 is 21.7 Å². The van der Waals surface area contributed by atoms with Gasteiger partial charge < -0.3 is 4.90 Å². The summed E-state index contributed by atoms with van der Waals surface area (Å²) >= 11 is 3.21. The fraction of sp³-hybridized carbons (Fsp3) is 0.545. The van der Waals surface area contributed by atoms with Crippen LogP contribution in [0, 0.1) is 5.82 Å². The van der Waals surface area contributed by atoms with E-state index < -0.39 is 0 Å². The lowest BCUT2D eigenvalue weighted by Crippen LogP contribution is -2.25. The fourth-order valence-corrected chi connectivity index (χ4v) is 2.23. The van der Waals surface area contributed by atoms with Crippen LogP contribution >= 0.6 is 15.9 Å². The van der Waals surface area contributed by atoms with E-state index in [1.54, 1.807) is 6.20 Å². The van der Waals surface area contributed by atoms with Crippen LogP contribution in [-0.2, 0) is 0 Å². The Morgan fingerprint density at radius 2 is 1.87 bits per heavy atom. The highest BCUT2D eigenvalue weighted by Gasteiger charge is 2.14. The molecule has 2 heterocycles. The van der Waals surface area contributed by atoms with E-state index in [-0.39, 0.29) is 5.82 Å². The molecular formula is C11H14BrFN2. The maximum atomic E-state index is 13.6. The van der Waals surface area contributed by atoms with Crippen LogP contribution in [-0.4, -0.2) is 18.1 Å². The molecule has 82 valence electrons. The van der Waals surface area contributed by atoms with Gasteiger partial charge in [0.2, 0.25) is 0 Å². The first-order valence-electron chi connectivity index (χ1n) is 5.33. The molecule has 1 saturated heterocycles. The van der Waals surface area contributed by atoms with Gasteiger partial charge in [-0.15, -0.1) is 0 Å². The number of aromatic nitrogens is 1. The summed E-state index contributed by atoms with van der Waals surface area (Å²) in [7, 11) is 0. The molecule has 2 nitrogen and oxygen atoms in total. The molecule has 0 bridgehead atoms. The number of hydrogen-bond acceptors (Lipinski definition) is 2. The first kappa shape index (κ1) is 10.9. The van der Waals surface area contributed by atoms with E-state index in [0.717, 1.165) is 25.9 Å². The predicted octanol–water partition coefficient (Wildman–Crippen LogP) is 3.36. The van der Waals surface area contributed by atoms with Crippen LogP contribution in [0.4, 0.5) is 10.2 Å². The minimum Gasteiger partial charge on any atom is -0.354 e. The summed E-state index contributed by atoms with van der Waals surface area (Å²) in [6, 6.07) is 1.48. The second-order valence-corrected chi connectivity index (χ2v) is 4.78. The van der Waals surface area contributed by atoms with Gasteiger partial charge >= 0.3 is 0 Å². The fourth-order valence-electron chi connectivity index (χ4n) is 1.92. The van der Waals surface area contributed by atoms with Crippen LogP contribution in [0.25, 0.3) is 0 Å². The quantitative estimate of drug-likeness (QED) is 0.780. The summed E-state index contributed by atoms with van der Waals surface area (Å²) < 4.78 is 14.3. The van der Waals surface area contributed by atoms with Gasteiger partial charge in [0.15, 0.2) is 11.6 Å². The summed E-state index contributed by atoms with van der Waals surface area (Å²) in [4.78, 5) is 6.20. The van der Waals surface area contributed by atoms with Crippen LogP contribution in [0.5, 0.6) is 0 Å². The van der Waals surface area contributed by atoms with E-state index in [1.165, 1.54) is 18.9 Å². The number of rotatable bonds is 1. The highest BCUT2D eigenvalue weighted by molar-refractivity contribution is 9.10. The van der Waals surface area contributed by atoms with Crippen molar-refractivity contribution in [3.8, 4) is 0 Å². The van der Waals surface area contributed by atoms with Crippen molar-refractivity contribution in [3.63, 3.8) is 0 Å².